The van der Waals surface area contributed by atoms with Gasteiger partial charge in [0.2, 0.25) is 11.8 Å². The summed E-state index contributed by atoms with van der Waals surface area (Å²) in [6.45, 7) is 11.7. The average Bonchev–Trinajstić information content (AvgIpc) is 2.39. The first-order valence-electron chi connectivity index (χ1n) is 6.90. The molecule has 0 aromatic heterocycles. The minimum absolute atomic E-state index is 0.0942. The molecule has 0 aliphatic carbocycles. The van der Waals surface area contributed by atoms with Gasteiger partial charge < -0.3 is 0 Å². The average molecular weight is 282 g/mol. The lowest BCUT2D eigenvalue weighted by Crippen LogP contribution is -2.24. The molecule has 0 atom stereocenters. The second-order valence-corrected chi connectivity index (χ2v) is 5.39. The third kappa shape index (κ3) is 8.39. The van der Waals surface area contributed by atoms with Crippen LogP contribution in [0.2, 0.25) is 0 Å². The first kappa shape index (κ1) is 18.3. The molecule has 114 valence electrons. The van der Waals surface area contributed by atoms with Crippen molar-refractivity contribution in [2.75, 3.05) is 0 Å². The summed E-state index contributed by atoms with van der Waals surface area (Å²) in [5.41, 5.74) is 6.57. The van der Waals surface area contributed by atoms with Crippen LogP contribution in [-0.4, -0.2) is 23.2 Å². The first-order valence-corrected chi connectivity index (χ1v) is 6.90. The van der Waals surface area contributed by atoms with E-state index in [4.69, 9.17) is 0 Å². The molecule has 0 radical (unpaired) electrons. The third-order valence-corrected chi connectivity index (χ3v) is 2.96. The van der Waals surface area contributed by atoms with Gasteiger partial charge in [0, 0.05) is 24.3 Å². The zero-order valence-electron chi connectivity index (χ0n) is 13.3. The van der Waals surface area contributed by atoms with Crippen molar-refractivity contribution in [2.24, 2.45) is 22.0 Å². The maximum absolute atomic E-state index is 11.5. The van der Waals surface area contributed by atoms with Gasteiger partial charge in [-0.3, -0.25) is 9.59 Å². The van der Waals surface area contributed by atoms with Gasteiger partial charge in [-0.05, 0) is 25.7 Å². The van der Waals surface area contributed by atoms with Crippen molar-refractivity contribution in [3.05, 3.63) is 0 Å². The lowest BCUT2D eigenvalue weighted by atomic mass is 10.1. The van der Waals surface area contributed by atoms with E-state index in [1.54, 1.807) is 0 Å². The second-order valence-electron chi connectivity index (χ2n) is 5.39. The number of carbonyl (C=O) groups excluding carboxylic acids is 2. The Bertz CT molecular complexity index is 360. The predicted molar refractivity (Wildman–Crippen MR) is 81.4 cm³/mol. The molecular formula is C14H26N4O2. The van der Waals surface area contributed by atoms with Gasteiger partial charge in [0.1, 0.15) is 0 Å². The standard InChI is InChI=1S/C14H26N4O2/c1-9(2)11(5)15-17-13(19)7-8-14(20)18-16-12(6)10(3)4/h9-10H,7-8H2,1-6H3,(H,17,19)(H,18,20)/b15-11+,16-12+. The van der Waals surface area contributed by atoms with Gasteiger partial charge in [-0.2, -0.15) is 10.2 Å². The molecule has 0 aromatic rings. The van der Waals surface area contributed by atoms with E-state index in [2.05, 4.69) is 21.1 Å². The quantitative estimate of drug-likeness (QED) is 0.553. The fourth-order valence-corrected chi connectivity index (χ4v) is 0.898. The van der Waals surface area contributed by atoms with E-state index in [1.807, 2.05) is 41.5 Å². The minimum Gasteiger partial charge on any atom is -0.273 e. The number of hydrogen-bond donors (Lipinski definition) is 2. The molecule has 6 heteroatoms. The molecule has 20 heavy (non-hydrogen) atoms. The van der Waals surface area contributed by atoms with Crippen LogP contribution < -0.4 is 10.9 Å². The molecular weight excluding hydrogens is 256 g/mol. The van der Waals surface area contributed by atoms with Crippen LogP contribution >= 0.6 is 0 Å². The third-order valence-electron chi connectivity index (χ3n) is 2.96. The monoisotopic (exact) mass is 282 g/mol. The number of hydrogen-bond acceptors (Lipinski definition) is 4. The zero-order valence-corrected chi connectivity index (χ0v) is 13.3. The van der Waals surface area contributed by atoms with Crippen LogP contribution in [0.3, 0.4) is 0 Å². The molecule has 0 unspecified atom stereocenters. The Hall–Kier alpha value is -1.72. The van der Waals surface area contributed by atoms with Gasteiger partial charge >= 0.3 is 0 Å². The maximum Gasteiger partial charge on any atom is 0.240 e. The van der Waals surface area contributed by atoms with Gasteiger partial charge in [0.25, 0.3) is 0 Å². The summed E-state index contributed by atoms with van der Waals surface area (Å²) in [6, 6.07) is 0. The minimum atomic E-state index is -0.273. The van der Waals surface area contributed by atoms with E-state index in [1.165, 1.54) is 0 Å². The van der Waals surface area contributed by atoms with Crippen molar-refractivity contribution in [3.63, 3.8) is 0 Å². The molecule has 0 spiro atoms. The molecule has 0 bridgehead atoms. The number of nitrogens with zero attached hydrogens (tertiary/aromatic N) is 2. The fourth-order valence-electron chi connectivity index (χ4n) is 0.898. The number of nitrogens with one attached hydrogen (secondary N) is 2. The van der Waals surface area contributed by atoms with Crippen LogP contribution in [0.5, 0.6) is 0 Å². The molecule has 0 aliphatic rings. The van der Waals surface area contributed by atoms with Crippen LogP contribution in [0.25, 0.3) is 0 Å². The van der Waals surface area contributed by atoms with Crippen LogP contribution in [-0.2, 0) is 9.59 Å². The number of carbonyl (C=O) groups is 2. The molecule has 2 amide bonds. The van der Waals surface area contributed by atoms with Crippen molar-refractivity contribution in [3.8, 4) is 0 Å². The van der Waals surface area contributed by atoms with Crippen molar-refractivity contribution >= 4 is 23.2 Å². The number of rotatable bonds is 7. The van der Waals surface area contributed by atoms with E-state index >= 15 is 0 Å². The highest BCUT2D eigenvalue weighted by atomic mass is 16.2. The van der Waals surface area contributed by atoms with E-state index in [-0.39, 0.29) is 36.5 Å². The molecule has 0 saturated heterocycles. The molecule has 0 saturated carbocycles. The molecule has 0 aromatic carbocycles. The summed E-state index contributed by atoms with van der Waals surface area (Å²) in [5, 5.41) is 7.91. The van der Waals surface area contributed by atoms with Gasteiger partial charge in [0.05, 0.1) is 0 Å². The van der Waals surface area contributed by atoms with Crippen molar-refractivity contribution in [1.82, 2.24) is 10.9 Å². The maximum atomic E-state index is 11.5. The van der Waals surface area contributed by atoms with Crippen LogP contribution in [0.1, 0.15) is 54.4 Å². The van der Waals surface area contributed by atoms with Crippen LogP contribution in [0.4, 0.5) is 0 Å². The van der Waals surface area contributed by atoms with Crippen LogP contribution in [0, 0.1) is 11.8 Å². The first-order chi connectivity index (χ1) is 9.23. The Morgan fingerprint density at radius 3 is 1.35 bits per heavy atom. The van der Waals surface area contributed by atoms with E-state index < -0.39 is 0 Å². The smallest absolute Gasteiger partial charge is 0.240 e. The second kappa shape index (κ2) is 9.23. The van der Waals surface area contributed by atoms with Gasteiger partial charge in [0.15, 0.2) is 0 Å². The Morgan fingerprint density at radius 2 is 1.10 bits per heavy atom. The summed E-state index contributed by atoms with van der Waals surface area (Å²) in [6.07, 6.45) is 0.188. The van der Waals surface area contributed by atoms with Crippen molar-refractivity contribution in [1.29, 1.82) is 0 Å². The molecule has 6 nitrogen and oxygen atoms in total. The highest BCUT2D eigenvalue weighted by Gasteiger charge is 2.07. The van der Waals surface area contributed by atoms with Gasteiger partial charge in [-0.25, -0.2) is 10.9 Å². The number of hydrazone groups is 2. The summed E-state index contributed by atoms with van der Waals surface area (Å²) >= 11 is 0. The van der Waals surface area contributed by atoms with Crippen LogP contribution in [0.15, 0.2) is 10.2 Å². The molecule has 0 heterocycles. The zero-order chi connectivity index (χ0) is 15.7. The van der Waals surface area contributed by atoms with E-state index in [9.17, 15) is 9.59 Å². The fraction of sp³-hybridized carbons (Fsp3) is 0.714. The highest BCUT2D eigenvalue weighted by molar-refractivity contribution is 5.88. The SMILES string of the molecule is C/C(=N\NC(=O)CCC(=O)N/N=C(\C)C(C)C)C(C)C. The van der Waals surface area contributed by atoms with Gasteiger partial charge in [-0.1, -0.05) is 27.7 Å². The Morgan fingerprint density at radius 1 is 0.800 bits per heavy atom. The highest BCUT2D eigenvalue weighted by Crippen LogP contribution is 1.97. The number of amides is 2. The van der Waals surface area contributed by atoms with Gasteiger partial charge in [-0.15, -0.1) is 0 Å². The summed E-state index contributed by atoms with van der Waals surface area (Å²) in [7, 11) is 0. The Balaban J connectivity index is 4.05. The largest absolute Gasteiger partial charge is 0.273 e. The Kier molecular flexibility index (Phi) is 8.43. The van der Waals surface area contributed by atoms with E-state index in [0.29, 0.717) is 0 Å². The summed E-state index contributed by atoms with van der Waals surface area (Å²) in [4.78, 5) is 23.0. The lowest BCUT2D eigenvalue weighted by Gasteiger charge is -2.06. The van der Waals surface area contributed by atoms with Crippen molar-refractivity contribution in [2.45, 2.75) is 54.4 Å². The molecule has 0 fully saturated rings. The molecule has 2 N–H and O–H groups in total. The lowest BCUT2D eigenvalue weighted by molar-refractivity contribution is -0.126. The van der Waals surface area contributed by atoms with Crippen molar-refractivity contribution < 1.29 is 9.59 Å². The predicted octanol–water partition coefficient (Wildman–Crippen LogP) is 2.06. The Labute approximate surface area is 121 Å². The summed E-state index contributed by atoms with van der Waals surface area (Å²) < 4.78 is 0. The molecule has 0 aliphatic heterocycles. The van der Waals surface area contributed by atoms with E-state index in [0.717, 1.165) is 11.4 Å². The normalized spacial score (nSPS) is 12.8. The topological polar surface area (TPSA) is 82.9 Å². The summed E-state index contributed by atoms with van der Waals surface area (Å²) in [5.74, 6) is 0.0216. The molecule has 0 rings (SSSR count).